The van der Waals surface area contributed by atoms with Gasteiger partial charge in [0.2, 0.25) is 5.91 Å². The Labute approximate surface area is 163 Å². The van der Waals surface area contributed by atoms with Crippen molar-refractivity contribution >= 4 is 11.8 Å². The van der Waals surface area contributed by atoms with Gasteiger partial charge in [-0.3, -0.25) is 14.5 Å². The summed E-state index contributed by atoms with van der Waals surface area (Å²) in [6.45, 7) is 3.04. The van der Waals surface area contributed by atoms with Crippen LogP contribution >= 0.6 is 0 Å². The van der Waals surface area contributed by atoms with Gasteiger partial charge in [-0.1, -0.05) is 18.2 Å². The van der Waals surface area contributed by atoms with Crippen LogP contribution in [-0.2, 0) is 4.79 Å². The number of hydrogen-bond donors (Lipinski definition) is 0. The largest absolute Gasteiger partial charge is 0.339 e. The minimum atomic E-state index is -2.86. The van der Waals surface area contributed by atoms with Gasteiger partial charge in [-0.05, 0) is 19.2 Å². The highest BCUT2D eigenvalue weighted by Gasteiger charge is 2.53. The van der Waals surface area contributed by atoms with Crippen LogP contribution in [0.2, 0.25) is 0 Å². The third-order valence-corrected chi connectivity index (χ3v) is 6.05. The Morgan fingerprint density at radius 2 is 1.64 bits per heavy atom. The summed E-state index contributed by atoms with van der Waals surface area (Å²) in [5, 5.41) is 0. The molecule has 1 atom stereocenters. The molecule has 0 N–H and O–H groups in total. The van der Waals surface area contributed by atoms with E-state index >= 15 is 0 Å². The van der Waals surface area contributed by atoms with Gasteiger partial charge in [0.05, 0.1) is 12.6 Å². The average Bonchev–Trinajstić information content (AvgIpc) is 2.96. The molecule has 3 heterocycles. The highest BCUT2D eigenvalue weighted by atomic mass is 19.3. The molecule has 0 spiro atoms. The quantitative estimate of drug-likeness (QED) is 0.770. The lowest BCUT2D eigenvalue weighted by molar-refractivity contribution is -0.139. The van der Waals surface area contributed by atoms with Crippen LogP contribution in [0.15, 0.2) is 30.3 Å². The lowest BCUT2D eigenvalue weighted by atomic mass is 10.0. The molecule has 0 aromatic heterocycles. The Kier molecular flexibility index (Phi) is 5.09. The van der Waals surface area contributed by atoms with E-state index in [1.807, 2.05) is 13.1 Å². The zero-order chi connectivity index (χ0) is 19.9. The van der Waals surface area contributed by atoms with Gasteiger partial charge in [0.1, 0.15) is 0 Å². The number of amides is 2. The Balaban J connectivity index is 1.40. The molecule has 152 valence electrons. The smallest absolute Gasteiger partial charge is 0.262 e. The first kappa shape index (κ1) is 19.3. The number of carbonyl (C=O) groups is 2. The zero-order valence-electron chi connectivity index (χ0n) is 16.1. The van der Waals surface area contributed by atoms with Crippen molar-refractivity contribution in [3.05, 3.63) is 35.9 Å². The maximum Gasteiger partial charge on any atom is 0.262 e. The van der Waals surface area contributed by atoms with Crippen molar-refractivity contribution in [2.75, 3.05) is 52.9 Å². The molecule has 0 aliphatic carbocycles. The van der Waals surface area contributed by atoms with Crippen molar-refractivity contribution in [2.45, 2.75) is 24.4 Å². The Bertz CT molecular complexity index is 731. The van der Waals surface area contributed by atoms with Crippen LogP contribution in [0.5, 0.6) is 0 Å². The number of likely N-dealkylation sites (tertiary alicyclic amines) is 2. The number of alkyl halides is 2. The fourth-order valence-electron chi connectivity index (χ4n) is 4.29. The second-order valence-electron chi connectivity index (χ2n) is 8.11. The highest BCUT2D eigenvalue weighted by Crippen LogP contribution is 2.36. The Morgan fingerprint density at radius 1 is 1.00 bits per heavy atom. The molecule has 0 radical (unpaired) electrons. The molecule has 1 aromatic carbocycles. The van der Waals surface area contributed by atoms with Crippen LogP contribution in [0, 0.1) is 0 Å². The van der Waals surface area contributed by atoms with Crippen molar-refractivity contribution in [1.29, 1.82) is 0 Å². The highest BCUT2D eigenvalue weighted by molar-refractivity contribution is 5.94. The van der Waals surface area contributed by atoms with Crippen molar-refractivity contribution < 1.29 is 18.4 Å². The maximum absolute atomic E-state index is 14.2. The third kappa shape index (κ3) is 3.75. The second-order valence-corrected chi connectivity index (χ2v) is 8.11. The Morgan fingerprint density at radius 3 is 2.29 bits per heavy atom. The molecule has 3 saturated heterocycles. The molecular weight excluding hydrogens is 366 g/mol. The number of carbonyl (C=O) groups excluding carboxylic acids is 2. The molecule has 8 heteroatoms. The van der Waals surface area contributed by atoms with Crippen molar-refractivity contribution in [1.82, 2.24) is 19.6 Å². The molecule has 3 fully saturated rings. The number of hydrogen-bond acceptors (Lipinski definition) is 4. The van der Waals surface area contributed by atoms with Crippen molar-refractivity contribution in [2.24, 2.45) is 0 Å². The van der Waals surface area contributed by atoms with E-state index < -0.39 is 24.9 Å². The third-order valence-electron chi connectivity index (χ3n) is 6.05. The molecule has 0 unspecified atom stereocenters. The topological polar surface area (TPSA) is 47.1 Å². The van der Waals surface area contributed by atoms with E-state index in [0.717, 1.165) is 13.1 Å². The van der Waals surface area contributed by atoms with Gasteiger partial charge in [0.25, 0.3) is 11.8 Å². The number of nitrogens with zero attached hydrogens (tertiary/aromatic N) is 4. The Hall–Kier alpha value is -2.06. The lowest BCUT2D eigenvalue weighted by Crippen LogP contribution is -2.64. The van der Waals surface area contributed by atoms with Gasteiger partial charge < -0.3 is 14.7 Å². The summed E-state index contributed by atoms with van der Waals surface area (Å²) in [7, 11) is 1.99. The van der Waals surface area contributed by atoms with Gasteiger partial charge in [-0.25, -0.2) is 8.78 Å². The fourth-order valence-corrected chi connectivity index (χ4v) is 4.29. The first-order chi connectivity index (χ1) is 13.3. The van der Waals surface area contributed by atoms with E-state index in [9.17, 15) is 18.4 Å². The molecule has 6 nitrogen and oxygen atoms in total. The molecule has 2 amide bonds. The van der Waals surface area contributed by atoms with Crippen molar-refractivity contribution in [3.63, 3.8) is 0 Å². The van der Waals surface area contributed by atoms with E-state index in [4.69, 9.17) is 0 Å². The van der Waals surface area contributed by atoms with Crippen LogP contribution in [0.1, 0.15) is 16.8 Å². The molecule has 4 rings (SSSR count). The molecule has 1 aromatic rings. The summed E-state index contributed by atoms with van der Waals surface area (Å²) in [5.74, 6) is -3.15. The SMILES string of the molecule is CN1CCN(C(=O)[C@@H]2CC(F)(F)CN2C2CN(C(=O)c3ccccc3)C2)CC1. The molecule has 0 saturated carbocycles. The van der Waals surface area contributed by atoms with Crippen LogP contribution in [-0.4, -0.2) is 102 Å². The van der Waals surface area contributed by atoms with Crippen molar-refractivity contribution in [3.8, 4) is 0 Å². The summed E-state index contributed by atoms with van der Waals surface area (Å²) in [6, 6.07) is 7.96. The van der Waals surface area contributed by atoms with Crippen LogP contribution in [0.3, 0.4) is 0 Å². The summed E-state index contributed by atoms with van der Waals surface area (Å²) >= 11 is 0. The number of likely N-dealkylation sites (N-methyl/N-ethyl adjacent to an activating group) is 1. The van der Waals surface area contributed by atoms with Crippen LogP contribution < -0.4 is 0 Å². The van der Waals surface area contributed by atoms with Gasteiger partial charge >= 0.3 is 0 Å². The summed E-state index contributed by atoms with van der Waals surface area (Å²) < 4.78 is 28.3. The number of halogens is 2. The fraction of sp³-hybridized carbons (Fsp3) is 0.600. The molecule has 0 bridgehead atoms. The zero-order valence-corrected chi connectivity index (χ0v) is 16.1. The monoisotopic (exact) mass is 392 g/mol. The van der Waals surface area contributed by atoms with Gasteiger partial charge in [-0.15, -0.1) is 0 Å². The van der Waals surface area contributed by atoms with E-state index in [1.165, 1.54) is 0 Å². The molecular formula is C20H26F2N4O2. The number of benzene rings is 1. The standard InChI is InChI=1S/C20H26F2N4O2/c1-23-7-9-24(10-8-23)19(28)17-11-20(21,22)14-26(17)16-12-25(13-16)18(27)15-5-3-2-4-6-15/h2-6,16-17H,7-14H2,1H3/t17-/m0/s1. The first-order valence-corrected chi connectivity index (χ1v) is 9.79. The van der Waals surface area contributed by atoms with E-state index in [-0.39, 0.29) is 17.9 Å². The summed E-state index contributed by atoms with van der Waals surface area (Å²) in [6.07, 6.45) is -0.429. The van der Waals surface area contributed by atoms with Gasteiger partial charge in [-0.2, -0.15) is 0 Å². The normalized spacial score (nSPS) is 26.3. The number of piperazine rings is 1. The molecule has 28 heavy (non-hydrogen) atoms. The predicted octanol–water partition coefficient (Wildman–Crippen LogP) is 0.995. The van der Waals surface area contributed by atoms with E-state index in [2.05, 4.69) is 4.90 Å². The first-order valence-electron chi connectivity index (χ1n) is 9.79. The maximum atomic E-state index is 14.2. The van der Waals surface area contributed by atoms with Gasteiger partial charge in [0, 0.05) is 57.3 Å². The summed E-state index contributed by atoms with van der Waals surface area (Å²) in [5.41, 5.74) is 0.595. The lowest BCUT2D eigenvalue weighted by Gasteiger charge is -2.46. The predicted molar refractivity (Wildman–Crippen MR) is 100 cm³/mol. The van der Waals surface area contributed by atoms with E-state index in [0.29, 0.717) is 31.7 Å². The molecule has 3 aliphatic heterocycles. The van der Waals surface area contributed by atoms with Crippen LogP contribution in [0.25, 0.3) is 0 Å². The second kappa shape index (κ2) is 7.40. The number of rotatable bonds is 3. The van der Waals surface area contributed by atoms with Crippen LogP contribution in [0.4, 0.5) is 8.78 Å². The summed E-state index contributed by atoms with van der Waals surface area (Å²) in [4.78, 5) is 32.6. The van der Waals surface area contributed by atoms with E-state index in [1.54, 1.807) is 39.0 Å². The molecule has 3 aliphatic rings. The average molecular weight is 392 g/mol. The van der Waals surface area contributed by atoms with Gasteiger partial charge in [0.15, 0.2) is 0 Å². The minimum absolute atomic E-state index is 0.0928. The minimum Gasteiger partial charge on any atom is -0.339 e.